The Morgan fingerprint density at radius 2 is 2.32 bits per heavy atom. The zero-order chi connectivity index (χ0) is 13.9. The SMILES string of the molecule is CC(C)C1(C(=O)NCc2cccc(F)c2)CCNC1. The van der Waals surface area contributed by atoms with Crippen LogP contribution < -0.4 is 10.6 Å². The molecule has 0 radical (unpaired) electrons. The quantitative estimate of drug-likeness (QED) is 0.874. The maximum Gasteiger partial charge on any atom is 0.228 e. The van der Waals surface area contributed by atoms with Gasteiger partial charge in [-0.05, 0) is 36.6 Å². The van der Waals surface area contributed by atoms with Gasteiger partial charge in [-0.15, -0.1) is 0 Å². The Morgan fingerprint density at radius 3 is 2.89 bits per heavy atom. The Bertz CT molecular complexity index is 453. The predicted octanol–water partition coefficient (Wildman–Crippen LogP) is 2.08. The molecule has 0 aliphatic carbocycles. The number of carbonyl (C=O) groups is 1. The number of nitrogens with one attached hydrogen (secondary N) is 2. The molecule has 0 aromatic heterocycles. The Kier molecular flexibility index (Phi) is 4.20. The minimum Gasteiger partial charge on any atom is -0.351 e. The Balaban J connectivity index is 2.00. The highest BCUT2D eigenvalue weighted by Gasteiger charge is 2.43. The molecule has 3 nitrogen and oxygen atoms in total. The van der Waals surface area contributed by atoms with Crippen molar-refractivity contribution in [2.24, 2.45) is 11.3 Å². The fourth-order valence-electron chi connectivity index (χ4n) is 2.67. The van der Waals surface area contributed by atoms with Crippen LogP contribution in [-0.2, 0) is 11.3 Å². The van der Waals surface area contributed by atoms with Gasteiger partial charge in [-0.25, -0.2) is 4.39 Å². The summed E-state index contributed by atoms with van der Waals surface area (Å²) in [5, 5.41) is 6.21. The summed E-state index contributed by atoms with van der Waals surface area (Å²) in [6, 6.07) is 6.33. The molecule has 1 saturated heterocycles. The Hall–Kier alpha value is -1.42. The van der Waals surface area contributed by atoms with Crippen LogP contribution in [0.2, 0.25) is 0 Å². The van der Waals surface area contributed by atoms with E-state index < -0.39 is 0 Å². The second kappa shape index (κ2) is 5.70. The van der Waals surface area contributed by atoms with E-state index in [1.807, 2.05) is 6.07 Å². The average Bonchev–Trinajstić information content (AvgIpc) is 2.86. The fourth-order valence-corrected chi connectivity index (χ4v) is 2.67. The van der Waals surface area contributed by atoms with Gasteiger partial charge in [0, 0.05) is 13.1 Å². The van der Waals surface area contributed by atoms with Crippen LogP contribution in [0.4, 0.5) is 4.39 Å². The van der Waals surface area contributed by atoms with Crippen molar-refractivity contribution < 1.29 is 9.18 Å². The Labute approximate surface area is 113 Å². The second-order valence-corrected chi connectivity index (χ2v) is 5.55. The van der Waals surface area contributed by atoms with Gasteiger partial charge >= 0.3 is 0 Å². The minimum absolute atomic E-state index is 0.0664. The largest absolute Gasteiger partial charge is 0.351 e. The van der Waals surface area contributed by atoms with Gasteiger partial charge < -0.3 is 10.6 Å². The third-order valence-corrected chi connectivity index (χ3v) is 4.09. The van der Waals surface area contributed by atoms with Crippen LogP contribution in [0.15, 0.2) is 24.3 Å². The van der Waals surface area contributed by atoms with Gasteiger partial charge in [0.25, 0.3) is 0 Å². The predicted molar refractivity (Wildman–Crippen MR) is 73.0 cm³/mol. The molecule has 0 saturated carbocycles. The van der Waals surface area contributed by atoms with Gasteiger partial charge in [-0.3, -0.25) is 4.79 Å². The summed E-state index contributed by atoms with van der Waals surface area (Å²) >= 11 is 0. The molecule has 1 fully saturated rings. The molecule has 1 aromatic carbocycles. The lowest BCUT2D eigenvalue weighted by molar-refractivity contribution is -0.132. The van der Waals surface area contributed by atoms with E-state index >= 15 is 0 Å². The third-order valence-electron chi connectivity index (χ3n) is 4.09. The van der Waals surface area contributed by atoms with E-state index in [0.717, 1.165) is 25.1 Å². The van der Waals surface area contributed by atoms with Crippen LogP contribution in [0.3, 0.4) is 0 Å². The van der Waals surface area contributed by atoms with Crippen molar-refractivity contribution in [3.63, 3.8) is 0 Å². The first-order valence-electron chi connectivity index (χ1n) is 6.78. The summed E-state index contributed by atoms with van der Waals surface area (Å²) in [6.45, 7) is 6.14. The standard InChI is InChI=1S/C15H21FN2O/c1-11(2)15(6-7-17-10-15)14(19)18-9-12-4-3-5-13(16)8-12/h3-5,8,11,17H,6-7,9-10H2,1-2H3,(H,18,19). The van der Waals surface area contributed by atoms with Gasteiger partial charge in [0.15, 0.2) is 0 Å². The molecule has 2 N–H and O–H groups in total. The molecule has 1 unspecified atom stereocenters. The fraction of sp³-hybridized carbons (Fsp3) is 0.533. The zero-order valence-electron chi connectivity index (χ0n) is 11.5. The lowest BCUT2D eigenvalue weighted by atomic mass is 9.75. The van der Waals surface area contributed by atoms with Gasteiger partial charge in [0.1, 0.15) is 5.82 Å². The van der Waals surface area contributed by atoms with E-state index in [-0.39, 0.29) is 23.1 Å². The summed E-state index contributed by atoms with van der Waals surface area (Å²) in [4.78, 5) is 12.4. The molecule has 1 heterocycles. The van der Waals surface area contributed by atoms with Crippen molar-refractivity contribution >= 4 is 5.91 Å². The molecule has 1 aromatic rings. The molecule has 0 bridgehead atoms. The first-order valence-corrected chi connectivity index (χ1v) is 6.78. The smallest absolute Gasteiger partial charge is 0.228 e. The van der Waals surface area contributed by atoms with E-state index in [4.69, 9.17) is 0 Å². The van der Waals surface area contributed by atoms with E-state index in [1.165, 1.54) is 12.1 Å². The maximum atomic E-state index is 13.1. The van der Waals surface area contributed by atoms with Crippen LogP contribution in [-0.4, -0.2) is 19.0 Å². The van der Waals surface area contributed by atoms with Crippen LogP contribution in [0.25, 0.3) is 0 Å². The molecule has 1 aliphatic rings. The first-order chi connectivity index (χ1) is 9.04. The van der Waals surface area contributed by atoms with Gasteiger partial charge in [-0.1, -0.05) is 26.0 Å². The topological polar surface area (TPSA) is 41.1 Å². The van der Waals surface area contributed by atoms with Crippen molar-refractivity contribution in [2.75, 3.05) is 13.1 Å². The highest BCUT2D eigenvalue weighted by atomic mass is 19.1. The van der Waals surface area contributed by atoms with E-state index in [2.05, 4.69) is 24.5 Å². The van der Waals surface area contributed by atoms with Crippen LogP contribution in [0.5, 0.6) is 0 Å². The summed E-state index contributed by atoms with van der Waals surface area (Å²) in [7, 11) is 0. The van der Waals surface area contributed by atoms with Crippen molar-refractivity contribution in [1.29, 1.82) is 0 Å². The van der Waals surface area contributed by atoms with Crippen LogP contribution >= 0.6 is 0 Å². The lowest BCUT2D eigenvalue weighted by Crippen LogP contribution is -2.45. The van der Waals surface area contributed by atoms with Gasteiger partial charge in [-0.2, -0.15) is 0 Å². The number of carbonyl (C=O) groups excluding carboxylic acids is 1. The van der Waals surface area contributed by atoms with E-state index in [1.54, 1.807) is 6.07 Å². The van der Waals surface area contributed by atoms with E-state index in [0.29, 0.717) is 6.54 Å². The molecule has 1 atom stereocenters. The van der Waals surface area contributed by atoms with Crippen molar-refractivity contribution in [3.8, 4) is 0 Å². The number of halogens is 1. The second-order valence-electron chi connectivity index (χ2n) is 5.55. The summed E-state index contributed by atoms with van der Waals surface area (Å²) in [5.74, 6) is 0.0830. The number of rotatable bonds is 4. The molecular formula is C15H21FN2O. The molecule has 1 aliphatic heterocycles. The molecule has 104 valence electrons. The highest BCUT2D eigenvalue weighted by Crippen LogP contribution is 2.34. The van der Waals surface area contributed by atoms with E-state index in [9.17, 15) is 9.18 Å². The van der Waals surface area contributed by atoms with Crippen molar-refractivity contribution in [3.05, 3.63) is 35.6 Å². The number of hydrogen-bond donors (Lipinski definition) is 2. The van der Waals surface area contributed by atoms with Crippen molar-refractivity contribution in [1.82, 2.24) is 10.6 Å². The molecular weight excluding hydrogens is 243 g/mol. The third kappa shape index (κ3) is 2.95. The average molecular weight is 264 g/mol. The highest BCUT2D eigenvalue weighted by molar-refractivity contribution is 5.83. The van der Waals surface area contributed by atoms with Gasteiger partial charge in [0.2, 0.25) is 5.91 Å². The Morgan fingerprint density at radius 1 is 1.53 bits per heavy atom. The lowest BCUT2D eigenvalue weighted by Gasteiger charge is -2.31. The normalized spacial score (nSPS) is 22.7. The van der Waals surface area contributed by atoms with Crippen molar-refractivity contribution in [2.45, 2.75) is 26.8 Å². The van der Waals surface area contributed by atoms with Crippen LogP contribution in [0.1, 0.15) is 25.8 Å². The maximum absolute atomic E-state index is 13.1. The van der Waals surface area contributed by atoms with Crippen LogP contribution in [0, 0.1) is 17.2 Å². The minimum atomic E-state index is -0.326. The number of amides is 1. The first kappa shape index (κ1) is 14.0. The molecule has 1 amide bonds. The summed E-state index contributed by atoms with van der Waals surface area (Å²) < 4.78 is 13.1. The monoisotopic (exact) mass is 264 g/mol. The number of hydrogen-bond acceptors (Lipinski definition) is 2. The molecule has 19 heavy (non-hydrogen) atoms. The van der Waals surface area contributed by atoms with Gasteiger partial charge in [0.05, 0.1) is 5.41 Å². The molecule has 4 heteroatoms. The summed E-state index contributed by atoms with van der Waals surface area (Å²) in [6.07, 6.45) is 0.861. The zero-order valence-corrected chi connectivity index (χ0v) is 11.5. The summed E-state index contributed by atoms with van der Waals surface area (Å²) in [5.41, 5.74) is 0.464. The molecule has 0 spiro atoms. The number of benzene rings is 1. The molecule has 2 rings (SSSR count).